The van der Waals surface area contributed by atoms with Crippen LogP contribution in [-0.2, 0) is 18.4 Å². The van der Waals surface area contributed by atoms with E-state index >= 15 is 0 Å². The van der Waals surface area contributed by atoms with Crippen molar-refractivity contribution in [2.45, 2.75) is 26.8 Å². The SMILES string of the molecule is Cc1ccc(Nc2c3c(=O)n(CCCO)c(=O)n(-c4cccc(NC(=O)CO)c4)c3c(C)c(=O)n2C)c(F)c1. The number of nitrogens with zero attached hydrogens (tertiary/aromatic N) is 3. The number of anilines is 3. The van der Waals surface area contributed by atoms with Crippen molar-refractivity contribution < 1.29 is 19.4 Å². The molecule has 11 nitrogen and oxygen atoms in total. The number of carbonyl (C=O) groups excluding carboxylic acids is 1. The van der Waals surface area contributed by atoms with Gasteiger partial charge in [0.1, 0.15) is 23.6 Å². The fraction of sp³-hybridized carbons (Fsp3) is 0.259. The summed E-state index contributed by atoms with van der Waals surface area (Å²) in [5.74, 6) is -1.30. The van der Waals surface area contributed by atoms with Crippen molar-refractivity contribution in [2.24, 2.45) is 7.05 Å². The van der Waals surface area contributed by atoms with Gasteiger partial charge in [-0.3, -0.25) is 28.1 Å². The lowest BCUT2D eigenvalue weighted by molar-refractivity contribution is -0.118. The van der Waals surface area contributed by atoms with E-state index in [0.29, 0.717) is 5.56 Å². The molecular formula is C27H28FN5O6. The van der Waals surface area contributed by atoms with E-state index in [1.165, 1.54) is 41.3 Å². The summed E-state index contributed by atoms with van der Waals surface area (Å²) in [5, 5.41) is 23.8. The summed E-state index contributed by atoms with van der Waals surface area (Å²) in [6.07, 6.45) is 0.105. The monoisotopic (exact) mass is 537 g/mol. The molecule has 0 bridgehead atoms. The smallest absolute Gasteiger partial charge is 0.336 e. The topological polar surface area (TPSA) is 148 Å². The van der Waals surface area contributed by atoms with E-state index in [4.69, 9.17) is 5.11 Å². The molecular weight excluding hydrogens is 509 g/mol. The standard InChI is InChI=1S/C27H28FN5O6/c1-15-8-9-20(19(28)12-15)30-24-22-23(16(2)25(37)31(24)3)33(27(39)32(26(22)38)10-5-11-34)18-7-4-6-17(13-18)29-21(36)14-35/h4,6-9,12-13,30,34-35H,5,10-11,14H2,1-3H3,(H,29,36). The molecule has 0 aliphatic carbocycles. The van der Waals surface area contributed by atoms with Gasteiger partial charge in [0.2, 0.25) is 5.91 Å². The number of aromatic nitrogens is 3. The molecule has 1 amide bonds. The Morgan fingerprint density at radius 2 is 1.77 bits per heavy atom. The lowest BCUT2D eigenvalue weighted by Gasteiger charge is -2.21. The van der Waals surface area contributed by atoms with Gasteiger partial charge in [-0.25, -0.2) is 9.18 Å². The van der Waals surface area contributed by atoms with Crippen molar-refractivity contribution in [1.29, 1.82) is 0 Å². The van der Waals surface area contributed by atoms with Gasteiger partial charge in [-0.1, -0.05) is 12.1 Å². The maximum atomic E-state index is 14.8. The summed E-state index contributed by atoms with van der Waals surface area (Å²) in [5.41, 5.74) is -0.729. The Balaban J connectivity index is 2.13. The van der Waals surface area contributed by atoms with Gasteiger partial charge < -0.3 is 20.8 Å². The van der Waals surface area contributed by atoms with Gasteiger partial charge in [-0.15, -0.1) is 0 Å². The predicted molar refractivity (Wildman–Crippen MR) is 146 cm³/mol. The highest BCUT2D eigenvalue weighted by atomic mass is 19.1. The molecule has 0 radical (unpaired) electrons. The number of carbonyl (C=O) groups is 1. The number of hydrogen-bond acceptors (Lipinski definition) is 7. The molecule has 4 aromatic rings. The molecule has 0 aliphatic rings. The lowest BCUT2D eigenvalue weighted by Crippen LogP contribution is -2.41. The molecule has 0 atom stereocenters. The van der Waals surface area contributed by atoms with E-state index in [1.54, 1.807) is 31.2 Å². The molecule has 2 aromatic heterocycles. The van der Waals surface area contributed by atoms with Crippen LogP contribution in [0.4, 0.5) is 21.6 Å². The molecule has 0 fully saturated rings. The number of benzene rings is 2. The third-order valence-electron chi connectivity index (χ3n) is 6.34. The van der Waals surface area contributed by atoms with Gasteiger partial charge in [0.15, 0.2) is 0 Å². The van der Waals surface area contributed by atoms with Crippen molar-refractivity contribution >= 4 is 34.0 Å². The minimum Gasteiger partial charge on any atom is -0.396 e. The van der Waals surface area contributed by atoms with Gasteiger partial charge in [-0.2, -0.15) is 0 Å². The number of amides is 1. The van der Waals surface area contributed by atoms with E-state index in [-0.39, 0.29) is 58.9 Å². The highest BCUT2D eigenvalue weighted by Crippen LogP contribution is 2.27. The Morgan fingerprint density at radius 3 is 2.44 bits per heavy atom. The largest absolute Gasteiger partial charge is 0.396 e. The minimum absolute atomic E-state index is 0.00834. The van der Waals surface area contributed by atoms with Crippen LogP contribution in [0.15, 0.2) is 56.8 Å². The molecule has 2 aromatic carbocycles. The summed E-state index contributed by atoms with van der Waals surface area (Å²) < 4.78 is 18.1. The Labute approximate surface area is 221 Å². The molecule has 0 saturated heterocycles. The fourth-order valence-electron chi connectivity index (χ4n) is 4.43. The average Bonchev–Trinajstić information content (AvgIpc) is 2.91. The fourth-order valence-corrected chi connectivity index (χ4v) is 4.43. The van der Waals surface area contributed by atoms with E-state index in [0.717, 1.165) is 4.57 Å². The summed E-state index contributed by atoms with van der Waals surface area (Å²) in [6, 6.07) is 10.6. The van der Waals surface area contributed by atoms with Crippen LogP contribution in [0.25, 0.3) is 16.6 Å². The molecule has 4 N–H and O–H groups in total. The number of hydrogen-bond donors (Lipinski definition) is 4. The second-order valence-corrected chi connectivity index (χ2v) is 9.08. The van der Waals surface area contributed by atoms with Crippen LogP contribution in [0.5, 0.6) is 0 Å². The van der Waals surface area contributed by atoms with Crippen LogP contribution in [0.1, 0.15) is 17.5 Å². The van der Waals surface area contributed by atoms with E-state index < -0.39 is 35.1 Å². The number of aliphatic hydroxyl groups is 2. The first-order valence-electron chi connectivity index (χ1n) is 12.1. The molecule has 204 valence electrons. The third-order valence-corrected chi connectivity index (χ3v) is 6.34. The van der Waals surface area contributed by atoms with Crippen LogP contribution < -0.4 is 27.4 Å². The maximum Gasteiger partial charge on any atom is 0.336 e. The van der Waals surface area contributed by atoms with Crippen molar-refractivity contribution in [3.8, 4) is 5.69 Å². The number of aliphatic hydroxyl groups excluding tert-OH is 2. The maximum absolute atomic E-state index is 14.8. The Bertz CT molecular complexity index is 1770. The van der Waals surface area contributed by atoms with E-state index in [9.17, 15) is 28.7 Å². The predicted octanol–water partition coefficient (Wildman–Crippen LogP) is 1.66. The van der Waals surface area contributed by atoms with Gasteiger partial charge >= 0.3 is 5.69 Å². The molecule has 12 heteroatoms. The van der Waals surface area contributed by atoms with Crippen LogP contribution in [0.2, 0.25) is 0 Å². The number of pyridine rings is 1. The van der Waals surface area contributed by atoms with E-state index in [1.807, 2.05) is 0 Å². The highest BCUT2D eigenvalue weighted by Gasteiger charge is 2.24. The van der Waals surface area contributed by atoms with Gasteiger partial charge in [0, 0.05) is 31.5 Å². The first-order valence-corrected chi connectivity index (χ1v) is 12.1. The Kier molecular flexibility index (Phi) is 7.79. The number of fused-ring (bicyclic) bond motifs is 1. The normalized spacial score (nSPS) is 11.1. The van der Waals surface area contributed by atoms with Gasteiger partial charge in [0.05, 0.1) is 16.9 Å². The van der Waals surface area contributed by atoms with Crippen LogP contribution in [0, 0.1) is 19.7 Å². The summed E-state index contributed by atoms with van der Waals surface area (Å²) in [4.78, 5) is 52.6. The van der Waals surface area contributed by atoms with Crippen molar-refractivity contribution in [3.63, 3.8) is 0 Å². The molecule has 0 spiro atoms. The molecule has 39 heavy (non-hydrogen) atoms. The van der Waals surface area contributed by atoms with Crippen molar-refractivity contribution in [2.75, 3.05) is 23.8 Å². The van der Waals surface area contributed by atoms with Crippen molar-refractivity contribution in [3.05, 3.63) is 90.6 Å². The summed E-state index contributed by atoms with van der Waals surface area (Å²) in [7, 11) is 1.43. The average molecular weight is 538 g/mol. The van der Waals surface area contributed by atoms with Gasteiger partial charge in [0.25, 0.3) is 11.1 Å². The van der Waals surface area contributed by atoms with Crippen LogP contribution in [0.3, 0.4) is 0 Å². The first-order chi connectivity index (χ1) is 18.6. The quantitative estimate of drug-likeness (QED) is 0.267. The highest BCUT2D eigenvalue weighted by molar-refractivity contribution is 5.94. The summed E-state index contributed by atoms with van der Waals surface area (Å²) in [6.45, 7) is 2.05. The number of aryl methyl sites for hydroxylation is 2. The number of rotatable bonds is 8. The molecule has 0 aliphatic heterocycles. The van der Waals surface area contributed by atoms with Gasteiger partial charge in [-0.05, 0) is 56.2 Å². The zero-order chi connectivity index (χ0) is 28.4. The third kappa shape index (κ3) is 5.11. The molecule has 0 saturated carbocycles. The van der Waals surface area contributed by atoms with Crippen LogP contribution >= 0.6 is 0 Å². The number of halogens is 1. The number of nitrogens with one attached hydrogen (secondary N) is 2. The molecule has 4 rings (SSSR count). The zero-order valence-corrected chi connectivity index (χ0v) is 21.6. The molecule has 0 unspecified atom stereocenters. The lowest BCUT2D eigenvalue weighted by atomic mass is 10.1. The second kappa shape index (κ2) is 11.1. The zero-order valence-electron chi connectivity index (χ0n) is 21.6. The van der Waals surface area contributed by atoms with Crippen LogP contribution in [-0.4, -0.2) is 43.0 Å². The first kappa shape index (κ1) is 27.5. The van der Waals surface area contributed by atoms with E-state index in [2.05, 4.69) is 10.6 Å². The second-order valence-electron chi connectivity index (χ2n) is 9.08. The summed E-state index contributed by atoms with van der Waals surface area (Å²) >= 11 is 0. The Hall–Kier alpha value is -4.55. The minimum atomic E-state index is -0.768. The Morgan fingerprint density at radius 1 is 1.03 bits per heavy atom. The van der Waals surface area contributed by atoms with Crippen molar-refractivity contribution in [1.82, 2.24) is 13.7 Å². The molecule has 2 heterocycles.